The number of hydrogen-bond acceptors (Lipinski definition) is 0. The zero-order valence-corrected chi connectivity index (χ0v) is 11.3. The average Bonchev–Trinajstić information content (AvgIpc) is 2.15. The largest absolute Gasteiger partial charge is 2.00 e. The van der Waals surface area contributed by atoms with Crippen molar-refractivity contribution < 1.29 is 21.7 Å². The normalized spacial score (nSPS) is 30.1. The molecule has 82 valence electrons. The van der Waals surface area contributed by atoms with Crippen LogP contribution in [0, 0.1) is 0 Å². The zero-order chi connectivity index (χ0) is 11.3. The Balaban J connectivity index is 0.000000284. The van der Waals surface area contributed by atoms with Crippen LogP contribution in [-0.4, -0.2) is 0 Å². The Hall–Kier alpha value is -1.37. The smallest absolute Gasteiger partial charge is 0.0623 e. The van der Waals surface area contributed by atoms with E-state index in [1.807, 2.05) is 97.2 Å². The molecule has 0 saturated heterocycles. The molecule has 17 heavy (non-hydrogen) atoms. The van der Waals surface area contributed by atoms with Gasteiger partial charge in [-0.3, -0.25) is 0 Å². The van der Waals surface area contributed by atoms with Crippen LogP contribution < -0.4 is 0 Å². The summed E-state index contributed by atoms with van der Waals surface area (Å²) >= 11 is 0. The second-order valence-electron chi connectivity index (χ2n) is 3.08. The van der Waals surface area contributed by atoms with E-state index in [1.54, 1.807) is 0 Å². The third kappa shape index (κ3) is 10.9. The summed E-state index contributed by atoms with van der Waals surface area (Å²) in [5, 5.41) is 0. The van der Waals surface area contributed by atoms with Gasteiger partial charge in [0.15, 0.2) is 0 Å². The van der Waals surface area contributed by atoms with Crippen molar-refractivity contribution in [3.05, 3.63) is 97.2 Å². The van der Waals surface area contributed by atoms with Gasteiger partial charge in [0.25, 0.3) is 0 Å². The van der Waals surface area contributed by atoms with Gasteiger partial charge in [-0.1, -0.05) is 97.2 Å². The van der Waals surface area contributed by atoms with Gasteiger partial charge in [0.2, 0.25) is 0 Å². The van der Waals surface area contributed by atoms with Crippen LogP contribution >= 0.6 is 0 Å². The summed E-state index contributed by atoms with van der Waals surface area (Å²) in [4.78, 5) is 0. The molecule has 0 amide bonds. The summed E-state index contributed by atoms with van der Waals surface area (Å²) < 4.78 is 0. The van der Waals surface area contributed by atoms with Gasteiger partial charge in [-0.2, -0.15) is 0 Å². The van der Waals surface area contributed by atoms with Crippen molar-refractivity contribution in [1.82, 2.24) is 0 Å². The molecule has 0 saturated carbocycles. The van der Waals surface area contributed by atoms with Crippen LogP contribution in [0.2, 0.25) is 0 Å². The average molecular weight is 256 g/mol. The molecule has 0 fully saturated rings. The van der Waals surface area contributed by atoms with Gasteiger partial charge in [-0.15, -0.1) is 0 Å². The van der Waals surface area contributed by atoms with Crippen LogP contribution in [0.5, 0.6) is 0 Å². The molecule has 2 aliphatic carbocycles. The van der Waals surface area contributed by atoms with E-state index in [9.17, 15) is 0 Å². The molecule has 0 radical (unpaired) electrons. The molecule has 0 spiro atoms. The van der Waals surface area contributed by atoms with Gasteiger partial charge in [0.05, 0.1) is 0 Å². The molecule has 0 aromatic rings. The number of allylic oxidation sites excluding steroid dienone is 16. The van der Waals surface area contributed by atoms with Crippen molar-refractivity contribution in [2.75, 3.05) is 0 Å². The minimum absolute atomic E-state index is 0. The maximum atomic E-state index is 2.00. The maximum Gasteiger partial charge on any atom is 2.00 e. The Morgan fingerprint density at radius 2 is 0.235 bits per heavy atom. The molecule has 0 nitrogen and oxygen atoms in total. The fourth-order valence-electron chi connectivity index (χ4n) is 1.03. The van der Waals surface area contributed by atoms with E-state index >= 15 is 0 Å². The molecule has 0 N–H and O–H groups in total. The standard InChI is InChI=1S/2C8H8.Ti/c2*1-2-4-6-8-7-5-3-1;/h2*1-8H;/q;;+2/b2*2-1-,3-1?,4-2?,5-3-,6-4-,7-5?,8-6?,8-7-;. The third-order valence-corrected chi connectivity index (χ3v) is 1.78. The predicted octanol–water partition coefficient (Wildman–Crippen LogP) is 4.45. The Morgan fingerprint density at radius 3 is 0.294 bits per heavy atom. The minimum Gasteiger partial charge on any atom is -0.0623 e. The Kier molecular flexibility index (Phi) is 11.7. The molecule has 0 bridgehead atoms. The first-order chi connectivity index (χ1) is 8.00. The monoisotopic (exact) mass is 256 g/mol. The van der Waals surface area contributed by atoms with Gasteiger partial charge in [0.1, 0.15) is 0 Å². The van der Waals surface area contributed by atoms with Crippen LogP contribution in [0.25, 0.3) is 0 Å². The van der Waals surface area contributed by atoms with E-state index in [0.717, 1.165) is 0 Å². The third-order valence-electron chi connectivity index (χ3n) is 1.78. The van der Waals surface area contributed by atoms with E-state index in [4.69, 9.17) is 0 Å². The molecule has 0 aromatic heterocycles. The van der Waals surface area contributed by atoms with Crippen molar-refractivity contribution >= 4 is 0 Å². The number of hydrogen-bond donors (Lipinski definition) is 0. The molecule has 0 unspecified atom stereocenters. The maximum absolute atomic E-state index is 2.00. The van der Waals surface area contributed by atoms with Crippen LogP contribution in [0.3, 0.4) is 0 Å². The Labute approximate surface area is 119 Å². The molecule has 0 heterocycles. The molecule has 0 aromatic carbocycles. The van der Waals surface area contributed by atoms with E-state index in [2.05, 4.69) is 0 Å². The topological polar surface area (TPSA) is 0 Å². The Bertz CT molecular complexity index is 247. The van der Waals surface area contributed by atoms with Crippen molar-refractivity contribution in [2.24, 2.45) is 0 Å². The fraction of sp³-hybridized carbons (Fsp3) is 0. The van der Waals surface area contributed by atoms with Gasteiger partial charge >= 0.3 is 21.7 Å². The quantitative estimate of drug-likeness (QED) is 0.562. The molecule has 0 aliphatic heterocycles. The van der Waals surface area contributed by atoms with Crippen molar-refractivity contribution in [1.29, 1.82) is 0 Å². The first-order valence-corrected chi connectivity index (χ1v) is 5.33. The van der Waals surface area contributed by atoms with Gasteiger partial charge in [-0.25, -0.2) is 0 Å². The van der Waals surface area contributed by atoms with Crippen LogP contribution in [0.4, 0.5) is 0 Å². The van der Waals surface area contributed by atoms with E-state index in [0.29, 0.717) is 0 Å². The molecule has 2 aliphatic rings. The SMILES string of the molecule is C1=C\C=C/C=C\C=C/1.C1=C\C=C/C=C\C=C/1.[Ti+2]. The molecular weight excluding hydrogens is 240 g/mol. The summed E-state index contributed by atoms with van der Waals surface area (Å²) in [6, 6.07) is 0. The summed E-state index contributed by atoms with van der Waals surface area (Å²) in [7, 11) is 0. The summed E-state index contributed by atoms with van der Waals surface area (Å²) in [6.07, 6.45) is 32.0. The van der Waals surface area contributed by atoms with E-state index in [1.165, 1.54) is 0 Å². The van der Waals surface area contributed by atoms with Crippen LogP contribution in [-0.2, 0) is 21.7 Å². The molecule has 1 heteroatoms. The van der Waals surface area contributed by atoms with E-state index < -0.39 is 0 Å². The zero-order valence-electron chi connectivity index (χ0n) is 9.74. The minimum atomic E-state index is 0. The predicted molar refractivity (Wildman–Crippen MR) is 73.1 cm³/mol. The van der Waals surface area contributed by atoms with Crippen molar-refractivity contribution in [3.63, 3.8) is 0 Å². The van der Waals surface area contributed by atoms with Crippen LogP contribution in [0.1, 0.15) is 0 Å². The first kappa shape index (κ1) is 15.6. The van der Waals surface area contributed by atoms with Gasteiger partial charge in [0, 0.05) is 0 Å². The van der Waals surface area contributed by atoms with Crippen molar-refractivity contribution in [3.8, 4) is 0 Å². The second-order valence-corrected chi connectivity index (χ2v) is 3.08. The first-order valence-electron chi connectivity index (χ1n) is 5.33. The fourth-order valence-corrected chi connectivity index (χ4v) is 1.03. The summed E-state index contributed by atoms with van der Waals surface area (Å²) in [6.45, 7) is 0. The second kappa shape index (κ2) is 12.7. The van der Waals surface area contributed by atoms with Crippen LogP contribution in [0.15, 0.2) is 97.2 Å². The summed E-state index contributed by atoms with van der Waals surface area (Å²) in [5.74, 6) is 0. The van der Waals surface area contributed by atoms with E-state index in [-0.39, 0.29) is 21.7 Å². The molecule has 2 rings (SSSR count). The van der Waals surface area contributed by atoms with Crippen molar-refractivity contribution in [2.45, 2.75) is 0 Å². The summed E-state index contributed by atoms with van der Waals surface area (Å²) in [5.41, 5.74) is 0. The molecular formula is C16H16Ti+2. The van der Waals surface area contributed by atoms with Gasteiger partial charge in [-0.05, 0) is 0 Å². The number of rotatable bonds is 0. The molecule has 0 atom stereocenters. The Morgan fingerprint density at radius 1 is 0.176 bits per heavy atom. The van der Waals surface area contributed by atoms with Gasteiger partial charge < -0.3 is 0 Å².